The maximum atomic E-state index is 3.48. The molecule has 0 amide bonds. The van der Waals surface area contributed by atoms with Crippen molar-refractivity contribution in [2.75, 3.05) is 26.7 Å². The van der Waals surface area contributed by atoms with Gasteiger partial charge in [0, 0.05) is 19.6 Å². The van der Waals surface area contributed by atoms with Gasteiger partial charge in [-0.3, -0.25) is 0 Å². The maximum absolute atomic E-state index is 3.48. The predicted octanol–water partition coefficient (Wildman–Crippen LogP) is 2.98. The second-order valence-electron chi connectivity index (χ2n) is 5.75. The van der Waals surface area contributed by atoms with E-state index in [4.69, 9.17) is 0 Å². The van der Waals surface area contributed by atoms with E-state index in [2.05, 4.69) is 63.2 Å². The molecule has 0 aromatic heterocycles. The number of hydrogen-bond donors (Lipinski definition) is 1. The van der Waals surface area contributed by atoms with Crippen LogP contribution in [0.4, 0.5) is 0 Å². The van der Waals surface area contributed by atoms with Crippen LogP contribution in [0.3, 0.4) is 0 Å². The molecular formula is C16H28N2. The number of aryl methyl sites for hydroxylation is 2. The summed E-state index contributed by atoms with van der Waals surface area (Å²) >= 11 is 0. The number of nitrogens with zero attached hydrogens (tertiary/aromatic N) is 1. The van der Waals surface area contributed by atoms with E-state index in [0.29, 0.717) is 0 Å². The standard InChI is InChI=1S/C16H28N2/c1-13(2)11-17-8-9-18(5)12-16-7-6-14(3)15(4)10-16/h6-7,10,13,17H,8-9,11-12H2,1-5H3. The van der Waals surface area contributed by atoms with Crippen LogP contribution in [-0.2, 0) is 6.54 Å². The fourth-order valence-electron chi connectivity index (χ4n) is 1.95. The molecule has 0 unspecified atom stereocenters. The molecule has 102 valence electrons. The minimum absolute atomic E-state index is 0.732. The first-order chi connectivity index (χ1) is 8.49. The molecular weight excluding hydrogens is 220 g/mol. The van der Waals surface area contributed by atoms with Gasteiger partial charge in [0.15, 0.2) is 0 Å². The molecule has 0 spiro atoms. The highest BCUT2D eigenvalue weighted by Crippen LogP contribution is 2.11. The zero-order valence-corrected chi connectivity index (χ0v) is 12.6. The topological polar surface area (TPSA) is 15.3 Å². The molecule has 0 heterocycles. The first kappa shape index (κ1) is 15.2. The van der Waals surface area contributed by atoms with Crippen molar-refractivity contribution < 1.29 is 0 Å². The molecule has 0 aliphatic rings. The Balaban J connectivity index is 2.31. The summed E-state index contributed by atoms with van der Waals surface area (Å²) in [6.45, 7) is 13.1. The molecule has 0 radical (unpaired) electrons. The first-order valence-electron chi connectivity index (χ1n) is 6.94. The molecule has 1 aromatic rings. The van der Waals surface area contributed by atoms with Gasteiger partial charge in [0.1, 0.15) is 0 Å². The number of likely N-dealkylation sites (N-methyl/N-ethyl adjacent to an activating group) is 1. The Morgan fingerprint density at radius 1 is 1.17 bits per heavy atom. The van der Waals surface area contributed by atoms with Crippen LogP contribution in [0, 0.1) is 19.8 Å². The quantitative estimate of drug-likeness (QED) is 0.746. The van der Waals surface area contributed by atoms with E-state index in [0.717, 1.165) is 32.1 Å². The van der Waals surface area contributed by atoms with E-state index in [9.17, 15) is 0 Å². The van der Waals surface area contributed by atoms with Gasteiger partial charge < -0.3 is 10.2 Å². The summed E-state index contributed by atoms with van der Waals surface area (Å²) in [4.78, 5) is 2.37. The summed E-state index contributed by atoms with van der Waals surface area (Å²) in [5, 5.41) is 3.48. The second-order valence-corrected chi connectivity index (χ2v) is 5.75. The largest absolute Gasteiger partial charge is 0.315 e. The van der Waals surface area contributed by atoms with Gasteiger partial charge in [0.2, 0.25) is 0 Å². The van der Waals surface area contributed by atoms with Gasteiger partial charge >= 0.3 is 0 Å². The number of rotatable bonds is 7. The molecule has 0 saturated carbocycles. The average Bonchev–Trinajstić information content (AvgIpc) is 2.29. The van der Waals surface area contributed by atoms with Crippen LogP contribution in [0.1, 0.15) is 30.5 Å². The summed E-state index contributed by atoms with van der Waals surface area (Å²) in [6, 6.07) is 6.75. The molecule has 0 atom stereocenters. The van der Waals surface area contributed by atoms with E-state index < -0.39 is 0 Å². The highest BCUT2D eigenvalue weighted by Gasteiger charge is 2.02. The molecule has 0 aliphatic heterocycles. The van der Waals surface area contributed by atoms with Crippen LogP contribution in [0.15, 0.2) is 18.2 Å². The Hall–Kier alpha value is -0.860. The molecule has 0 fully saturated rings. The van der Waals surface area contributed by atoms with E-state index in [1.165, 1.54) is 16.7 Å². The Labute approximate surface area is 112 Å². The summed E-state index contributed by atoms with van der Waals surface area (Å²) in [5.41, 5.74) is 4.17. The van der Waals surface area contributed by atoms with E-state index in [-0.39, 0.29) is 0 Å². The SMILES string of the molecule is Cc1ccc(CN(C)CCNCC(C)C)cc1C. The van der Waals surface area contributed by atoms with E-state index >= 15 is 0 Å². The van der Waals surface area contributed by atoms with Gasteiger partial charge in [0.25, 0.3) is 0 Å². The van der Waals surface area contributed by atoms with Gasteiger partial charge in [-0.2, -0.15) is 0 Å². The van der Waals surface area contributed by atoms with Gasteiger partial charge in [-0.25, -0.2) is 0 Å². The maximum Gasteiger partial charge on any atom is 0.0231 e. The molecule has 18 heavy (non-hydrogen) atoms. The zero-order chi connectivity index (χ0) is 13.5. The fourth-order valence-corrected chi connectivity index (χ4v) is 1.95. The van der Waals surface area contributed by atoms with Crippen molar-refractivity contribution in [1.82, 2.24) is 10.2 Å². The van der Waals surface area contributed by atoms with Crippen molar-refractivity contribution >= 4 is 0 Å². The minimum Gasteiger partial charge on any atom is -0.315 e. The third kappa shape index (κ3) is 5.65. The van der Waals surface area contributed by atoms with Crippen LogP contribution in [-0.4, -0.2) is 31.6 Å². The van der Waals surface area contributed by atoms with Crippen LogP contribution < -0.4 is 5.32 Å². The number of nitrogens with one attached hydrogen (secondary N) is 1. The van der Waals surface area contributed by atoms with E-state index in [1.54, 1.807) is 0 Å². The Morgan fingerprint density at radius 2 is 1.89 bits per heavy atom. The third-order valence-electron chi connectivity index (χ3n) is 3.25. The van der Waals surface area contributed by atoms with Gasteiger partial charge in [-0.15, -0.1) is 0 Å². The zero-order valence-electron chi connectivity index (χ0n) is 12.6. The lowest BCUT2D eigenvalue weighted by atomic mass is 10.1. The first-order valence-corrected chi connectivity index (χ1v) is 6.94. The highest BCUT2D eigenvalue weighted by atomic mass is 15.1. The summed E-state index contributed by atoms with van der Waals surface area (Å²) in [6.07, 6.45) is 0. The van der Waals surface area contributed by atoms with Crippen molar-refractivity contribution in [2.45, 2.75) is 34.2 Å². The lowest BCUT2D eigenvalue weighted by Gasteiger charge is -2.18. The average molecular weight is 248 g/mol. The number of benzene rings is 1. The van der Waals surface area contributed by atoms with E-state index in [1.807, 2.05) is 0 Å². The van der Waals surface area contributed by atoms with Gasteiger partial charge in [0.05, 0.1) is 0 Å². The molecule has 1 N–H and O–H groups in total. The van der Waals surface area contributed by atoms with Crippen LogP contribution in [0.2, 0.25) is 0 Å². The van der Waals surface area contributed by atoms with Crippen molar-refractivity contribution in [2.24, 2.45) is 5.92 Å². The van der Waals surface area contributed by atoms with Crippen molar-refractivity contribution in [3.63, 3.8) is 0 Å². The lowest BCUT2D eigenvalue weighted by molar-refractivity contribution is 0.321. The summed E-state index contributed by atoms with van der Waals surface area (Å²) in [5.74, 6) is 0.732. The molecule has 2 heteroatoms. The smallest absolute Gasteiger partial charge is 0.0231 e. The summed E-state index contributed by atoms with van der Waals surface area (Å²) in [7, 11) is 2.19. The summed E-state index contributed by atoms with van der Waals surface area (Å²) < 4.78 is 0. The second kappa shape index (κ2) is 7.55. The molecule has 0 bridgehead atoms. The monoisotopic (exact) mass is 248 g/mol. The Kier molecular flexibility index (Phi) is 6.37. The van der Waals surface area contributed by atoms with Crippen molar-refractivity contribution in [1.29, 1.82) is 0 Å². The molecule has 1 aromatic carbocycles. The number of hydrogen-bond acceptors (Lipinski definition) is 2. The minimum atomic E-state index is 0.732. The highest BCUT2D eigenvalue weighted by molar-refractivity contribution is 5.29. The normalized spacial score (nSPS) is 11.5. The molecule has 2 nitrogen and oxygen atoms in total. The van der Waals surface area contributed by atoms with Gasteiger partial charge in [-0.1, -0.05) is 32.0 Å². The van der Waals surface area contributed by atoms with Crippen LogP contribution in [0.25, 0.3) is 0 Å². The van der Waals surface area contributed by atoms with Crippen molar-refractivity contribution in [3.05, 3.63) is 34.9 Å². The Bertz CT molecular complexity index is 358. The molecule has 0 aliphatic carbocycles. The van der Waals surface area contributed by atoms with Gasteiger partial charge in [-0.05, 0) is 50.0 Å². The molecule has 0 saturated heterocycles. The van der Waals surface area contributed by atoms with Crippen LogP contribution in [0.5, 0.6) is 0 Å². The predicted molar refractivity (Wildman–Crippen MR) is 80.0 cm³/mol. The molecule has 1 rings (SSSR count). The fraction of sp³-hybridized carbons (Fsp3) is 0.625. The van der Waals surface area contributed by atoms with Crippen molar-refractivity contribution in [3.8, 4) is 0 Å². The lowest BCUT2D eigenvalue weighted by Crippen LogP contribution is -2.30. The van der Waals surface area contributed by atoms with Crippen LogP contribution >= 0.6 is 0 Å². The Morgan fingerprint density at radius 3 is 2.50 bits per heavy atom. The third-order valence-corrected chi connectivity index (χ3v) is 3.25.